The van der Waals surface area contributed by atoms with Crippen LogP contribution in [0, 0.1) is 5.41 Å². The summed E-state index contributed by atoms with van der Waals surface area (Å²) in [5.41, 5.74) is 5.92. The van der Waals surface area contributed by atoms with Gasteiger partial charge in [-0.2, -0.15) is 0 Å². The molecule has 1 heterocycles. The molecule has 0 radical (unpaired) electrons. The van der Waals surface area contributed by atoms with E-state index in [0.29, 0.717) is 12.5 Å². The van der Waals surface area contributed by atoms with E-state index in [1.807, 2.05) is 0 Å². The summed E-state index contributed by atoms with van der Waals surface area (Å²) in [4.78, 5) is 6.61. The van der Waals surface area contributed by atoms with Crippen molar-refractivity contribution in [2.24, 2.45) is 16.1 Å². The van der Waals surface area contributed by atoms with Gasteiger partial charge in [-0.3, -0.25) is 4.99 Å². The summed E-state index contributed by atoms with van der Waals surface area (Å²) < 4.78 is 22.8. The predicted octanol–water partition coefficient (Wildman–Crippen LogP) is 1.62. The number of rotatable bonds is 4. The SMILES string of the molecule is CS(=O)(=O)CC1(CN=C(N)N2CCCCCC2)CC1.I. The molecule has 1 saturated heterocycles. The number of sulfone groups is 1. The molecule has 0 amide bonds. The fraction of sp³-hybridized carbons (Fsp3) is 0.923. The van der Waals surface area contributed by atoms with Crippen LogP contribution in [0.15, 0.2) is 4.99 Å². The largest absolute Gasteiger partial charge is 0.370 e. The van der Waals surface area contributed by atoms with Crippen molar-refractivity contribution < 1.29 is 8.42 Å². The number of halogens is 1. The van der Waals surface area contributed by atoms with Gasteiger partial charge in [-0.1, -0.05) is 12.8 Å². The number of likely N-dealkylation sites (tertiary alicyclic amines) is 1. The number of nitrogens with zero attached hydrogens (tertiary/aromatic N) is 2. The molecule has 1 aliphatic carbocycles. The van der Waals surface area contributed by atoms with Crippen LogP contribution in [-0.4, -0.2) is 50.9 Å². The first-order chi connectivity index (χ1) is 8.90. The van der Waals surface area contributed by atoms with E-state index in [2.05, 4.69) is 9.89 Å². The smallest absolute Gasteiger partial charge is 0.191 e. The second-order valence-electron chi connectivity index (χ2n) is 6.15. The van der Waals surface area contributed by atoms with E-state index in [4.69, 9.17) is 5.73 Å². The lowest BCUT2D eigenvalue weighted by atomic mass is 10.1. The Labute approximate surface area is 139 Å². The maximum atomic E-state index is 11.4. The molecule has 5 nitrogen and oxygen atoms in total. The van der Waals surface area contributed by atoms with Crippen molar-refractivity contribution in [3.8, 4) is 0 Å². The highest BCUT2D eigenvalue weighted by molar-refractivity contribution is 14.0. The Kier molecular flexibility index (Phi) is 6.56. The molecular weight excluding hydrogens is 389 g/mol. The maximum Gasteiger partial charge on any atom is 0.191 e. The maximum absolute atomic E-state index is 11.4. The number of hydrogen-bond donors (Lipinski definition) is 1. The highest BCUT2D eigenvalue weighted by atomic mass is 127. The Morgan fingerprint density at radius 1 is 1.20 bits per heavy atom. The van der Waals surface area contributed by atoms with Crippen molar-refractivity contribution in [3.63, 3.8) is 0 Å². The Hall–Kier alpha value is -0.0500. The Morgan fingerprint density at radius 2 is 1.75 bits per heavy atom. The molecule has 0 aromatic rings. The second kappa shape index (κ2) is 7.29. The lowest BCUT2D eigenvalue weighted by Gasteiger charge is -2.22. The molecule has 118 valence electrons. The third kappa shape index (κ3) is 5.75. The summed E-state index contributed by atoms with van der Waals surface area (Å²) >= 11 is 0. The minimum Gasteiger partial charge on any atom is -0.370 e. The third-order valence-corrected chi connectivity index (χ3v) is 5.17. The first kappa shape index (κ1) is 18.0. The minimum atomic E-state index is -2.92. The van der Waals surface area contributed by atoms with Gasteiger partial charge < -0.3 is 10.6 Å². The van der Waals surface area contributed by atoms with Gasteiger partial charge in [-0.15, -0.1) is 24.0 Å². The highest BCUT2D eigenvalue weighted by Crippen LogP contribution is 2.46. The van der Waals surface area contributed by atoms with Gasteiger partial charge in [0, 0.05) is 31.3 Å². The Balaban J connectivity index is 0.00000200. The van der Waals surface area contributed by atoms with E-state index in [9.17, 15) is 8.42 Å². The van der Waals surface area contributed by atoms with Crippen LogP contribution in [0.5, 0.6) is 0 Å². The van der Waals surface area contributed by atoms with Crippen molar-refractivity contribution in [2.75, 3.05) is 31.6 Å². The molecule has 7 heteroatoms. The van der Waals surface area contributed by atoms with E-state index in [1.165, 1.54) is 31.9 Å². The van der Waals surface area contributed by atoms with E-state index in [1.54, 1.807) is 0 Å². The van der Waals surface area contributed by atoms with Gasteiger partial charge in [0.2, 0.25) is 0 Å². The zero-order chi connectivity index (χ0) is 13.9. The van der Waals surface area contributed by atoms with Crippen LogP contribution in [0.3, 0.4) is 0 Å². The normalized spacial score (nSPS) is 22.9. The molecule has 0 aromatic carbocycles. The lowest BCUT2D eigenvalue weighted by Crippen LogP contribution is -2.38. The molecule has 0 bridgehead atoms. The molecule has 2 fully saturated rings. The van der Waals surface area contributed by atoms with Gasteiger partial charge in [0.05, 0.1) is 5.75 Å². The molecule has 1 aliphatic heterocycles. The topological polar surface area (TPSA) is 75.8 Å². The number of aliphatic imine (C=N–C) groups is 1. The molecule has 0 spiro atoms. The zero-order valence-corrected chi connectivity index (χ0v) is 15.3. The first-order valence-corrected chi connectivity index (χ1v) is 9.19. The third-order valence-electron chi connectivity index (χ3n) is 4.03. The highest BCUT2D eigenvalue weighted by Gasteiger charge is 2.45. The summed E-state index contributed by atoms with van der Waals surface area (Å²) in [5.74, 6) is 0.846. The van der Waals surface area contributed by atoms with Crippen LogP contribution in [0.2, 0.25) is 0 Å². The van der Waals surface area contributed by atoms with E-state index >= 15 is 0 Å². The molecule has 0 aromatic heterocycles. The molecular formula is C13H26IN3O2S. The average Bonchev–Trinajstić information content (AvgIpc) is 3.08. The van der Waals surface area contributed by atoms with Crippen molar-refractivity contribution in [1.29, 1.82) is 0 Å². The Morgan fingerprint density at radius 3 is 2.20 bits per heavy atom. The van der Waals surface area contributed by atoms with Crippen molar-refractivity contribution in [3.05, 3.63) is 0 Å². The molecule has 0 atom stereocenters. The summed E-state index contributed by atoms with van der Waals surface area (Å²) in [6.45, 7) is 2.52. The van der Waals surface area contributed by atoms with Gasteiger partial charge in [0.1, 0.15) is 9.84 Å². The van der Waals surface area contributed by atoms with Crippen LogP contribution in [0.4, 0.5) is 0 Å². The second-order valence-corrected chi connectivity index (χ2v) is 8.29. The molecule has 2 rings (SSSR count). The molecule has 2 N–H and O–H groups in total. The number of hydrogen-bond acceptors (Lipinski definition) is 3. The molecule has 20 heavy (non-hydrogen) atoms. The predicted molar refractivity (Wildman–Crippen MR) is 93.3 cm³/mol. The Bertz CT molecular complexity index is 439. The van der Waals surface area contributed by atoms with Gasteiger partial charge in [-0.05, 0) is 25.7 Å². The summed E-state index contributed by atoms with van der Waals surface area (Å²) in [6, 6.07) is 0. The lowest BCUT2D eigenvalue weighted by molar-refractivity contribution is 0.425. The zero-order valence-electron chi connectivity index (χ0n) is 12.2. The summed E-state index contributed by atoms with van der Waals surface area (Å²) in [5, 5.41) is 0. The van der Waals surface area contributed by atoms with E-state index in [0.717, 1.165) is 25.9 Å². The summed E-state index contributed by atoms with van der Waals surface area (Å²) in [6.07, 6.45) is 8.08. The van der Waals surface area contributed by atoms with Crippen LogP contribution >= 0.6 is 24.0 Å². The van der Waals surface area contributed by atoms with Crippen molar-refractivity contribution in [2.45, 2.75) is 38.5 Å². The van der Waals surface area contributed by atoms with Gasteiger partial charge in [0.25, 0.3) is 0 Å². The van der Waals surface area contributed by atoms with E-state index in [-0.39, 0.29) is 35.1 Å². The van der Waals surface area contributed by atoms with Gasteiger partial charge in [-0.25, -0.2) is 8.42 Å². The van der Waals surface area contributed by atoms with Crippen LogP contribution < -0.4 is 5.73 Å². The molecule has 0 unspecified atom stereocenters. The number of nitrogens with two attached hydrogens (primary N) is 1. The van der Waals surface area contributed by atoms with E-state index < -0.39 is 9.84 Å². The van der Waals surface area contributed by atoms with Crippen molar-refractivity contribution >= 4 is 39.8 Å². The minimum absolute atomic E-state index is 0. The standard InChI is InChI=1S/C13H25N3O2S.HI/c1-19(17,18)11-13(6-7-13)10-15-12(14)16-8-4-2-3-5-9-16;/h2-11H2,1H3,(H2,14,15);1H. The monoisotopic (exact) mass is 415 g/mol. The van der Waals surface area contributed by atoms with Gasteiger partial charge in [0.15, 0.2) is 5.96 Å². The first-order valence-electron chi connectivity index (χ1n) is 7.13. The summed E-state index contributed by atoms with van der Waals surface area (Å²) in [7, 11) is -2.92. The van der Waals surface area contributed by atoms with Crippen LogP contribution in [0.1, 0.15) is 38.5 Å². The van der Waals surface area contributed by atoms with Gasteiger partial charge >= 0.3 is 0 Å². The van der Waals surface area contributed by atoms with Crippen molar-refractivity contribution in [1.82, 2.24) is 4.90 Å². The quantitative estimate of drug-likeness (QED) is 0.430. The molecule has 2 aliphatic rings. The average molecular weight is 415 g/mol. The van der Waals surface area contributed by atoms with Crippen LogP contribution in [0.25, 0.3) is 0 Å². The number of guanidine groups is 1. The fourth-order valence-corrected chi connectivity index (χ4v) is 4.22. The molecule has 1 saturated carbocycles. The fourth-order valence-electron chi connectivity index (χ4n) is 2.73. The van der Waals surface area contributed by atoms with Crippen LogP contribution in [-0.2, 0) is 9.84 Å².